The first-order valence-corrected chi connectivity index (χ1v) is 16.3. The van der Waals surface area contributed by atoms with Crippen LogP contribution in [0.3, 0.4) is 0 Å². The molecule has 2 heterocycles. The second kappa shape index (κ2) is 14.8. The molecule has 43 heavy (non-hydrogen) atoms. The predicted octanol–water partition coefficient (Wildman–Crippen LogP) is 5.01. The average molecular weight is 592 g/mol. The molecule has 1 aliphatic heterocycles. The van der Waals surface area contributed by atoms with Gasteiger partial charge in [-0.05, 0) is 56.6 Å². The number of Topliss-reactive ketones (excluding diaryl/α,β-unsaturated/α-hetero) is 2. The Bertz CT molecular complexity index is 1270. The molecule has 232 valence electrons. The van der Waals surface area contributed by atoms with Gasteiger partial charge in [-0.2, -0.15) is 0 Å². The Morgan fingerprint density at radius 1 is 0.884 bits per heavy atom. The lowest BCUT2D eigenvalue weighted by molar-refractivity contribution is -0.142. The van der Waals surface area contributed by atoms with E-state index in [-0.39, 0.29) is 36.3 Å². The molecule has 1 aromatic carbocycles. The summed E-state index contributed by atoms with van der Waals surface area (Å²) in [5.74, 6) is -2.92. The number of carbonyl (C=O) groups excluding carboxylic acids is 5. The number of nitrogens with one attached hydrogen (secondary N) is 3. The highest BCUT2D eigenvalue weighted by Crippen LogP contribution is 2.32. The van der Waals surface area contributed by atoms with Gasteiger partial charge in [0.25, 0.3) is 5.91 Å². The molecule has 9 heteroatoms. The van der Waals surface area contributed by atoms with Crippen molar-refractivity contribution in [2.24, 2.45) is 17.8 Å². The lowest BCUT2D eigenvalue weighted by Gasteiger charge is -2.29. The molecule has 0 bridgehead atoms. The van der Waals surface area contributed by atoms with Crippen molar-refractivity contribution in [3.8, 4) is 0 Å². The number of rotatable bonds is 12. The zero-order chi connectivity index (χ0) is 30.2. The van der Waals surface area contributed by atoms with E-state index >= 15 is 0 Å². The number of amides is 3. The van der Waals surface area contributed by atoms with Crippen molar-refractivity contribution in [3.63, 3.8) is 0 Å². The molecule has 9 nitrogen and oxygen atoms in total. The maximum absolute atomic E-state index is 13.9. The minimum absolute atomic E-state index is 0.0543. The van der Waals surface area contributed by atoms with Crippen LogP contribution in [0.5, 0.6) is 0 Å². The van der Waals surface area contributed by atoms with E-state index in [1.54, 1.807) is 12.1 Å². The minimum atomic E-state index is -1.14. The van der Waals surface area contributed by atoms with E-state index < -0.39 is 35.5 Å². The number of fused-ring (bicyclic) bond motifs is 1. The molecule has 3 atom stereocenters. The summed E-state index contributed by atoms with van der Waals surface area (Å²) in [5.41, 5.74) is 0.611. The summed E-state index contributed by atoms with van der Waals surface area (Å²) in [4.78, 5) is 66.6. The summed E-state index contributed by atoms with van der Waals surface area (Å²) >= 11 is 0. The zero-order valence-electron chi connectivity index (χ0n) is 25.0. The lowest BCUT2D eigenvalue weighted by Crippen LogP contribution is -2.53. The van der Waals surface area contributed by atoms with Crippen molar-refractivity contribution in [2.45, 2.75) is 108 Å². The first kappa shape index (κ1) is 31.0. The number of para-hydroxylation sites is 1. The summed E-state index contributed by atoms with van der Waals surface area (Å²) in [6.45, 7) is 0.579. The average Bonchev–Trinajstić information content (AvgIpc) is 3.47. The highest BCUT2D eigenvalue weighted by atomic mass is 16.3. The van der Waals surface area contributed by atoms with Gasteiger partial charge in [0, 0.05) is 36.2 Å². The minimum Gasteiger partial charge on any atom is -0.453 e. The molecule has 0 radical (unpaired) electrons. The third kappa shape index (κ3) is 8.33. The standard InChI is InChI=1S/C34H45N3O6/c38-28(30-21-23-12-7-8-16-29(23)43-30)20-25(18-22-10-3-1-4-11-22)33(41)37-27(19-24-13-9-17-35-32(24)40)31(39)34(42)36-26-14-5-2-6-15-26/h7-8,12,16,21-22,24-27H,1-6,9-11,13-15,17-20H2,(H,35,40)(H,36,42)(H,37,41)/t24-,25+,27-/m0/s1. The smallest absolute Gasteiger partial charge is 0.289 e. The van der Waals surface area contributed by atoms with Crippen molar-refractivity contribution >= 4 is 40.3 Å². The van der Waals surface area contributed by atoms with Gasteiger partial charge in [0.1, 0.15) is 5.58 Å². The molecule has 3 N–H and O–H groups in total. The summed E-state index contributed by atoms with van der Waals surface area (Å²) in [6, 6.07) is 7.90. The second-order valence-corrected chi connectivity index (χ2v) is 12.8. The van der Waals surface area contributed by atoms with E-state index in [4.69, 9.17) is 4.42 Å². The van der Waals surface area contributed by atoms with Crippen LogP contribution in [0, 0.1) is 17.8 Å². The van der Waals surface area contributed by atoms with Gasteiger partial charge in [-0.3, -0.25) is 24.0 Å². The quantitative estimate of drug-likeness (QED) is 0.235. The van der Waals surface area contributed by atoms with Crippen molar-refractivity contribution in [1.82, 2.24) is 16.0 Å². The Morgan fingerprint density at radius 3 is 2.33 bits per heavy atom. The molecule has 0 spiro atoms. The summed E-state index contributed by atoms with van der Waals surface area (Å²) in [6.07, 6.45) is 12.0. The van der Waals surface area contributed by atoms with E-state index in [1.165, 1.54) is 6.42 Å². The van der Waals surface area contributed by atoms with Crippen LogP contribution in [-0.2, 0) is 19.2 Å². The van der Waals surface area contributed by atoms with E-state index in [9.17, 15) is 24.0 Å². The van der Waals surface area contributed by atoms with Gasteiger partial charge in [-0.25, -0.2) is 0 Å². The Morgan fingerprint density at radius 2 is 1.60 bits per heavy atom. The normalized spacial score (nSPS) is 21.5. The molecule has 1 saturated heterocycles. The molecular weight excluding hydrogens is 546 g/mol. The van der Waals surface area contributed by atoms with Gasteiger partial charge in [0.15, 0.2) is 11.5 Å². The van der Waals surface area contributed by atoms with E-state index in [1.807, 2.05) is 18.2 Å². The maximum Gasteiger partial charge on any atom is 0.289 e. The molecule has 3 aliphatic rings. The lowest BCUT2D eigenvalue weighted by atomic mass is 9.80. The van der Waals surface area contributed by atoms with Crippen LogP contribution in [0.2, 0.25) is 0 Å². The number of furan rings is 1. The number of hydrogen-bond donors (Lipinski definition) is 3. The van der Waals surface area contributed by atoms with Crippen molar-refractivity contribution in [3.05, 3.63) is 36.1 Å². The number of benzene rings is 1. The van der Waals surface area contributed by atoms with Crippen LogP contribution in [0.25, 0.3) is 11.0 Å². The second-order valence-electron chi connectivity index (χ2n) is 12.8. The maximum atomic E-state index is 13.9. The van der Waals surface area contributed by atoms with Crippen LogP contribution in [0.4, 0.5) is 0 Å². The fourth-order valence-electron chi connectivity index (χ4n) is 7.08. The number of carbonyl (C=O) groups is 5. The third-order valence-corrected chi connectivity index (χ3v) is 9.56. The molecule has 2 aliphatic carbocycles. The highest BCUT2D eigenvalue weighted by molar-refractivity contribution is 6.38. The molecule has 0 unspecified atom stereocenters. The molecule has 3 amide bonds. The summed E-state index contributed by atoms with van der Waals surface area (Å²) < 4.78 is 5.80. The van der Waals surface area contributed by atoms with E-state index in [0.717, 1.165) is 69.6 Å². The van der Waals surface area contributed by atoms with Crippen molar-refractivity contribution < 1.29 is 28.4 Å². The third-order valence-electron chi connectivity index (χ3n) is 9.56. The Kier molecular flexibility index (Phi) is 10.7. The predicted molar refractivity (Wildman–Crippen MR) is 162 cm³/mol. The van der Waals surface area contributed by atoms with Gasteiger partial charge < -0.3 is 20.4 Å². The van der Waals surface area contributed by atoms with Crippen molar-refractivity contribution in [1.29, 1.82) is 0 Å². The van der Waals surface area contributed by atoms with Gasteiger partial charge in [0.05, 0.1) is 6.04 Å². The van der Waals surface area contributed by atoms with E-state index in [0.29, 0.717) is 30.9 Å². The number of hydrogen-bond acceptors (Lipinski definition) is 6. The van der Waals surface area contributed by atoms with Gasteiger partial charge >= 0.3 is 0 Å². The van der Waals surface area contributed by atoms with Crippen LogP contribution < -0.4 is 16.0 Å². The fourth-order valence-corrected chi connectivity index (χ4v) is 7.08. The molecule has 3 fully saturated rings. The topological polar surface area (TPSA) is 135 Å². The zero-order valence-corrected chi connectivity index (χ0v) is 25.0. The van der Waals surface area contributed by atoms with Crippen LogP contribution in [0.1, 0.15) is 107 Å². The number of ketones is 2. The highest BCUT2D eigenvalue weighted by Gasteiger charge is 2.36. The largest absolute Gasteiger partial charge is 0.453 e. The molecule has 2 aromatic rings. The first-order chi connectivity index (χ1) is 20.9. The molecule has 1 aromatic heterocycles. The fraction of sp³-hybridized carbons (Fsp3) is 0.618. The Balaban J connectivity index is 1.33. The number of piperidine rings is 1. The first-order valence-electron chi connectivity index (χ1n) is 16.3. The Labute approximate surface area is 253 Å². The molecule has 5 rings (SSSR count). The van der Waals surface area contributed by atoms with Gasteiger partial charge in [-0.1, -0.05) is 69.6 Å². The summed E-state index contributed by atoms with van der Waals surface area (Å²) in [5, 5.41) is 9.40. The molecule has 2 saturated carbocycles. The van der Waals surface area contributed by atoms with Gasteiger partial charge in [-0.15, -0.1) is 0 Å². The Hall–Kier alpha value is -3.49. The monoisotopic (exact) mass is 591 g/mol. The van der Waals surface area contributed by atoms with Gasteiger partial charge in [0.2, 0.25) is 17.6 Å². The molecular formula is C34H45N3O6. The van der Waals surface area contributed by atoms with Crippen molar-refractivity contribution in [2.75, 3.05) is 6.54 Å². The summed E-state index contributed by atoms with van der Waals surface area (Å²) in [7, 11) is 0. The van der Waals surface area contributed by atoms with E-state index in [2.05, 4.69) is 16.0 Å². The van der Waals surface area contributed by atoms with Crippen LogP contribution in [0.15, 0.2) is 34.7 Å². The SMILES string of the molecule is O=C(NC1CCCCC1)C(=O)[C@H](C[C@@H]1CCCNC1=O)NC(=O)[C@@H](CC(=O)c1cc2ccccc2o1)CC1CCCCC1. The van der Waals surface area contributed by atoms with Crippen LogP contribution in [-0.4, -0.2) is 47.9 Å². The van der Waals surface area contributed by atoms with Crippen LogP contribution >= 0.6 is 0 Å².